The summed E-state index contributed by atoms with van der Waals surface area (Å²) in [6, 6.07) is 19.9. The molecule has 0 bridgehead atoms. The molecule has 0 fully saturated rings. The lowest BCUT2D eigenvalue weighted by atomic mass is 9.99. The Bertz CT molecular complexity index is 1480. The van der Waals surface area contributed by atoms with Gasteiger partial charge in [0, 0.05) is 11.8 Å². The van der Waals surface area contributed by atoms with Crippen molar-refractivity contribution in [1.82, 2.24) is 9.78 Å². The van der Waals surface area contributed by atoms with E-state index in [0.717, 1.165) is 10.2 Å². The van der Waals surface area contributed by atoms with Crippen molar-refractivity contribution < 1.29 is 23.1 Å². The number of aromatic nitrogens is 2. The Morgan fingerprint density at radius 1 is 1.06 bits per heavy atom. The van der Waals surface area contributed by atoms with Crippen molar-refractivity contribution in [3.63, 3.8) is 0 Å². The number of nitrogens with zero attached hydrogens (tertiary/aromatic N) is 3. The average Bonchev–Trinajstić information content (AvgIpc) is 3.35. The molecule has 0 saturated heterocycles. The van der Waals surface area contributed by atoms with E-state index in [1.165, 1.54) is 30.3 Å². The first kappa shape index (κ1) is 24.4. The van der Waals surface area contributed by atoms with E-state index in [0.29, 0.717) is 17.2 Å². The summed E-state index contributed by atoms with van der Waals surface area (Å²) in [5.74, 6) is -0.841. The average molecular weight is 488 g/mol. The molecular weight excluding hydrogens is 469 g/mol. The van der Waals surface area contributed by atoms with E-state index in [1.54, 1.807) is 42.5 Å². The van der Waals surface area contributed by atoms with E-state index in [2.05, 4.69) is 21.8 Å². The van der Waals surface area contributed by atoms with E-state index in [-0.39, 0.29) is 22.8 Å². The van der Waals surface area contributed by atoms with Crippen molar-refractivity contribution in [2.45, 2.75) is 12.3 Å². The molecule has 1 unspecified atom stereocenters. The van der Waals surface area contributed by atoms with Gasteiger partial charge in [0.05, 0.1) is 12.3 Å². The second-order valence-electron chi connectivity index (χ2n) is 7.81. The Balaban J connectivity index is 1.66. The molecule has 6 nitrogen and oxygen atoms in total. The zero-order chi connectivity index (χ0) is 25.9. The Morgan fingerprint density at radius 2 is 1.75 bits per heavy atom. The standard InChI is InChI=1S/C27H19F3N4O2/c1-3-17-7-4-8-18(13-17)25(35)19-9-5-11-21(14-19)32-26(36)23-16-24(27(28,29)30)33-34(23)22-12-6-10-20(15-22)31-2/h3-16,25,35H,1H2,(H,32,36). The number of carbonyl (C=O) groups excluding carboxylic acids is 1. The van der Waals surface area contributed by atoms with Crippen LogP contribution in [0.25, 0.3) is 16.6 Å². The van der Waals surface area contributed by atoms with Crippen LogP contribution < -0.4 is 5.32 Å². The van der Waals surface area contributed by atoms with Crippen LogP contribution in [0.5, 0.6) is 0 Å². The van der Waals surface area contributed by atoms with Crippen molar-refractivity contribution in [3.05, 3.63) is 125 Å². The molecule has 4 aromatic rings. The molecule has 36 heavy (non-hydrogen) atoms. The van der Waals surface area contributed by atoms with Gasteiger partial charge >= 0.3 is 6.18 Å². The first-order chi connectivity index (χ1) is 17.2. The maximum absolute atomic E-state index is 13.4. The maximum Gasteiger partial charge on any atom is 0.435 e. The Kier molecular flexibility index (Phi) is 6.72. The van der Waals surface area contributed by atoms with Gasteiger partial charge in [-0.15, -0.1) is 0 Å². The number of rotatable bonds is 6. The lowest BCUT2D eigenvalue weighted by Gasteiger charge is -2.14. The summed E-state index contributed by atoms with van der Waals surface area (Å²) < 4.78 is 41.1. The molecule has 0 aliphatic heterocycles. The molecule has 3 aromatic carbocycles. The van der Waals surface area contributed by atoms with Crippen LogP contribution in [-0.4, -0.2) is 20.8 Å². The molecule has 1 heterocycles. The highest BCUT2D eigenvalue weighted by molar-refractivity contribution is 6.03. The number of nitrogens with one attached hydrogen (secondary N) is 1. The van der Waals surface area contributed by atoms with Gasteiger partial charge in [0.25, 0.3) is 5.91 Å². The van der Waals surface area contributed by atoms with E-state index < -0.39 is 23.9 Å². The fourth-order valence-corrected chi connectivity index (χ4v) is 3.60. The van der Waals surface area contributed by atoms with E-state index in [4.69, 9.17) is 6.57 Å². The number of benzene rings is 3. The van der Waals surface area contributed by atoms with Crippen LogP contribution in [0.4, 0.5) is 24.5 Å². The molecule has 1 amide bonds. The number of carbonyl (C=O) groups is 1. The van der Waals surface area contributed by atoms with Crippen molar-refractivity contribution in [2.75, 3.05) is 5.32 Å². The highest BCUT2D eigenvalue weighted by Crippen LogP contribution is 2.31. The fourth-order valence-electron chi connectivity index (χ4n) is 3.60. The van der Waals surface area contributed by atoms with Crippen LogP contribution in [0, 0.1) is 6.57 Å². The number of amides is 1. The number of hydrogen-bond donors (Lipinski definition) is 2. The van der Waals surface area contributed by atoms with Gasteiger partial charge in [-0.2, -0.15) is 18.3 Å². The molecule has 2 N–H and O–H groups in total. The molecule has 180 valence electrons. The topological polar surface area (TPSA) is 71.5 Å². The minimum absolute atomic E-state index is 0.135. The molecule has 1 atom stereocenters. The minimum atomic E-state index is -4.78. The number of hydrogen-bond acceptors (Lipinski definition) is 3. The second kappa shape index (κ2) is 9.90. The molecule has 9 heteroatoms. The first-order valence-corrected chi connectivity index (χ1v) is 10.7. The van der Waals surface area contributed by atoms with Gasteiger partial charge in [-0.05, 0) is 47.0 Å². The van der Waals surface area contributed by atoms with Crippen molar-refractivity contribution >= 4 is 23.4 Å². The Hall–Kier alpha value is -4.68. The minimum Gasteiger partial charge on any atom is -0.384 e. The molecule has 0 saturated carbocycles. The lowest BCUT2D eigenvalue weighted by molar-refractivity contribution is -0.141. The van der Waals surface area contributed by atoms with Crippen LogP contribution in [0.15, 0.2) is 85.4 Å². The predicted octanol–water partition coefficient (Wildman–Crippen LogP) is 6.42. The van der Waals surface area contributed by atoms with E-state index >= 15 is 0 Å². The fraction of sp³-hybridized carbons (Fsp3) is 0.0741. The smallest absolute Gasteiger partial charge is 0.384 e. The van der Waals surface area contributed by atoms with Crippen LogP contribution in [-0.2, 0) is 6.18 Å². The number of aliphatic hydroxyl groups excluding tert-OH is 1. The van der Waals surface area contributed by atoms with Crippen LogP contribution in [0.3, 0.4) is 0 Å². The predicted molar refractivity (Wildman–Crippen MR) is 130 cm³/mol. The lowest BCUT2D eigenvalue weighted by Crippen LogP contribution is -2.17. The summed E-state index contributed by atoms with van der Waals surface area (Å²) in [5, 5.41) is 17.0. The number of alkyl halides is 3. The molecule has 0 aliphatic carbocycles. The van der Waals surface area contributed by atoms with Crippen molar-refractivity contribution in [2.24, 2.45) is 0 Å². The number of aliphatic hydroxyl groups is 1. The normalized spacial score (nSPS) is 12.0. The number of anilines is 1. The van der Waals surface area contributed by atoms with Gasteiger partial charge in [-0.25, -0.2) is 9.53 Å². The van der Waals surface area contributed by atoms with Crippen LogP contribution >= 0.6 is 0 Å². The molecule has 0 aliphatic rings. The molecule has 1 aromatic heterocycles. The zero-order valence-electron chi connectivity index (χ0n) is 18.7. The van der Waals surface area contributed by atoms with Gasteiger partial charge in [-0.1, -0.05) is 55.1 Å². The van der Waals surface area contributed by atoms with Crippen molar-refractivity contribution in [3.8, 4) is 5.69 Å². The van der Waals surface area contributed by atoms with Crippen molar-refractivity contribution in [1.29, 1.82) is 0 Å². The highest BCUT2D eigenvalue weighted by Gasteiger charge is 2.36. The second-order valence-corrected chi connectivity index (χ2v) is 7.81. The molecule has 4 rings (SSSR count). The summed E-state index contributed by atoms with van der Waals surface area (Å²) in [5.41, 5.74) is 0.896. The summed E-state index contributed by atoms with van der Waals surface area (Å²) in [6.07, 6.45) is -4.12. The quantitative estimate of drug-likeness (QED) is 0.308. The Labute approximate surface area is 204 Å². The largest absolute Gasteiger partial charge is 0.435 e. The third kappa shape index (κ3) is 5.19. The third-order valence-electron chi connectivity index (χ3n) is 5.36. The van der Waals surface area contributed by atoms with Crippen LogP contribution in [0.1, 0.15) is 39.0 Å². The zero-order valence-corrected chi connectivity index (χ0v) is 18.7. The van der Waals surface area contributed by atoms with Gasteiger partial charge in [0.1, 0.15) is 11.8 Å². The van der Waals surface area contributed by atoms with Gasteiger partial charge in [-0.3, -0.25) is 4.79 Å². The molecular formula is C27H19F3N4O2. The molecule has 0 spiro atoms. The van der Waals surface area contributed by atoms with Gasteiger partial charge in [0.2, 0.25) is 0 Å². The monoisotopic (exact) mass is 488 g/mol. The van der Waals surface area contributed by atoms with Crippen LogP contribution in [0.2, 0.25) is 0 Å². The molecule has 0 radical (unpaired) electrons. The third-order valence-corrected chi connectivity index (χ3v) is 5.36. The Morgan fingerprint density at radius 3 is 2.44 bits per heavy atom. The van der Waals surface area contributed by atoms with E-state index in [1.807, 2.05) is 6.07 Å². The van der Waals surface area contributed by atoms with Gasteiger partial charge in [0.15, 0.2) is 11.4 Å². The summed E-state index contributed by atoms with van der Waals surface area (Å²) in [7, 11) is 0. The summed E-state index contributed by atoms with van der Waals surface area (Å²) >= 11 is 0. The summed E-state index contributed by atoms with van der Waals surface area (Å²) in [4.78, 5) is 16.3. The summed E-state index contributed by atoms with van der Waals surface area (Å²) in [6.45, 7) is 10.9. The highest BCUT2D eigenvalue weighted by atomic mass is 19.4. The first-order valence-electron chi connectivity index (χ1n) is 10.7. The number of halogens is 3. The maximum atomic E-state index is 13.4. The van der Waals surface area contributed by atoms with Gasteiger partial charge < -0.3 is 10.4 Å². The SMILES string of the molecule is [C-]#[N+]c1cccc(-n2nc(C(F)(F)F)cc2C(=O)Nc2cccc(C(O)c3cccc(C=C)c3)c2)c1. The van der Waals surface area contributed by atoms with E-state index in [9.17, 15) is 23.1 Å².